The monoisotopic (exact) mass is 289 g/mol. The Morgan fingerprint density at radius 3 is 2.48 bits per heavy atom. The first-order valence-electron chi connectivity index (χ1n) is 7.83. The summed E-state index contributed by atoms with van der Waals surface area (Å²) in [5.41, 5.74) is 8.23. The number of hydrogen-bond donors (Lipinski definition) is 1. The summed E-state index contributed by atoms with van der Waals surface area (Å²) in [7, 11) is 0. The number of rotatable bonds is 6. The molecule has 2 aromatic rings. The highest BCUT2D eigenvalue weighted by Gasteiger charge is 2.18. The van der Waals surface area contributed by atoms with Gasteiger partial charge in [0.1, 0.15) is 17.3 Å². The Hall–Kier alpha value is -1.78. The van der Waals surface area contributed by atoms with Crippen LogP contribution in [-0.2, 0) is 13.0 Å². The van der Waals surface area contributed by atoms with E-state index in [0.29, 0.717) is 12.0 Å². The van der Waals surface area contributed by atoms with Crippen LogP contribution in [-0.4, -0.2) is 19.3 Å². The summed E-state index contributed by atoms with van der Waals surface area (Å²) in [6.07, 6.45) is 5.90. The van der Waals surface area contributed by atoms with E-state index in [-0.39, 0.29) is 0 Å². The Kier molecular flexibility index (Phi) is 4.70. The Bertz CT molecular complexity index is 592. The first-order valence-corrected chi connectivity index (χ1v) is 7.83. The van der Waals surface area contributed by atoms with Crippen molar-refractivity contribution in [3.05, 3.63) is 18.2 Å². The van der Waals surface area contributed by atoms with Gasteiger partial charge in [-0.3, -0.25) is 4.68 Å². The number of nitrogens with zero attached hydrogens (tertiary/aromatic N) is 4. The molecule has 5 heteroatoms. The molecule has 0 saturated heterocycles. The van der Waals surface area contributed by atoms with Crippen LogP contribution in [0.5, 0.6) is 0 Å². The standard InChI is InChI=1S/C16H27N5/c1-6-7-14-19-15(16(17)20(14)9-11(2)3)13-8-18-21(10-13)12(4)5/h8,10-12H,6-7,9,17H2,1-5H3. The Balaban J connectivity index is 2.43. The highest BCUT2D eigenvalue weighted by Crippen LogP contribution is 2.28. The predicted octanol–water partition coefficient (Wildman–Crippen LogP) is 3.52. The van der Waals surface area contributed by atoms with Crippen molar-refractivity contribution >= 4 is 5.82 Å². The summed E-state index contributed by atoms with van der Waals surface area (Å²) in [6.45, 7) is 11.7. The number of hydrogen-bond acceptors (Lipinski definition) is 3. The number of anilines is 1. The van der Waals surface area contributed by atoms with Gasteiger partial charge in [-0.15, -0.1) is 0 Å². The summed E-state index contributed by atoms with van der Waals surface area (Å²) in [6, 6.07) is 0.341. The van der Waals surface area contributed by atoms with Crippen LogP contribution in [0.25, 0.3) is 11.3 Å². The summed E-state index contributed by atoms with van der Waals surface area (Å²) >= 11 is 0. The molecule has 0 radical (unpaired) electrons. The second-order valence-corrected chi connectivity index (χ2v) is 6.32. The molecule has 21 heavy (non-hydrogen) atoms. The van der Waals surface area contributed by atoms with E-state index in [1.54, 1.807) is 0 Å². The molecule has 0 fully saturated rings. The molecule has 0 aliphatic heterocycles. The van der Waals surface area contributed by atoms with E-state index in [0.717, 1.165) is 42.3 Å². The van der Waals surface area contributed by atoms with E-state index in [4.69, 9.17) is 10.7 Å². The zero-order valence-electron chi connectivity index (χ0n) is 13.8. The predicted molar refractivity (Wildman–Crippen MR) is 87.1 cm³/mol. The van der Waals surface area contributed by atoms with E-state index in [9.17, 15) is 0 Å². The molecule has 0 amide bonds. The quantitative estimate of drug-likeness (QED) is 0.885. The summed E-state index contributed by atoms with van der Waals surface area (Å²) in [4.78, 5) is 4.78. The summed E-state index contributed by atoms with van der Waals surface area (Å²) in [5, 5.41) is 4.39. The molecule has 0 unspecified atom stereocenters. The van der Waals surface area contributed by atoms with Crippen LogP contribution in [0.4, 0.5) is 5.82 Å². The highest BCUT2D eigenvalue weighted by atomic mass is 15.3. The molecule has 0 bridgehead atoms. The number of aromatic nitrogens is 4. The average Bonchev–Trinajstić information content (AvgIpc) is 2.98. The van der Waals surface area contributed by atoms with Crippen molar-refractivity contribution in [2.45, 2.75) is 60.0 Å². The Morgan fingerprint density at radius 1 is 1.24 bits per heavy atom. The van der Waals surface area contributed by atoms with Crippen molar-refractivity contribution in [1.82, 2.24) is 19.3 Å². The molecule has 0 aliphatic carbocycles. The maximum Gasteiger partial charge on any atom is 0.131 e. The van der Waals surface area contributed by atoms with Gasteiger partial charge < -0.3 is 10.3 Å². The molecule has 2 N–H and O–H groups in total. The molecule has 2 aromatic heterocycles. The van der Waals surface area contributed by atoms with Gasteiger partial charge in [-0.1, -0.05) is 20.8 Å². The molecule has 5 nitrogen and oxygen atoms in total. The molecular formula is C16H27N5. The van der Waals surface area contributed by atoms with Crippen LogP contribution in [0, 0.1) is 5.92 Å². The minimum absolute atomic E-state index is 0.341. The zero-order chi connectivity index (χ0) is 15.6. The molecule has 0 aromatic carbocycles. The number of nitrogens with two attached hydrogens (primary N) is 1. The zero-order valence-corrected chi connectivity index (χ0v) is 13.8. The molecule has 0 spiro atoms. The van der Waals surface area contributed by atoms with Gasteiger partial charge in [0.15, 0.2) is 0 Å². The third-order valence-electron chi connectivity index (χ3n) is 3.51. The lowest BCUT2D eigenvalue weighted by atomic mass is 10.2. The molecule has 2 heterocycles. The molecule has 2 rings (SSSR count). The molecular weight excluding hydrogens is 262 g/mol. The van der Waals surface area contributed by atoms with E-state index < -0.39 is 0 Å². The lowest BCUT2D eigenvalue weighted by Gasteiger charge is -2.11. The van der Waals surface area contributed by atoms with Crippen LogP contribution >= 0.6 is 0 Å². The Morgan fingerprint density at radius 2 is 1.95 bits per heavy atom. The third-order valence-corrected chi connectivity index (χ3v) is 3.51. The third kappa shape index (κ3) is 3.28. The van der Waals surface area contributed by atoms with Crippen LogP contribution < -0.4 is 5.73 Å². The Labute approximate surface area is 127 Å². The van der Waals surface area contributed by atoms with Crippen molar-refractivity contribution in [2.75, 3.05) is 5.73 Å². The average molecular weight is 289 g/mol. The summed E-state index contributed by atoms with van der Waals surface area (Å²) < 4.78 is 4.10. The lowest BCUT2D eigenvalue weighted by molar-refractivity contribution is 0.510. The van der Waals surface area contributed by atoms with Crippen molar-refractivity contribution in [3.63, 3.8) is 0 Å². The smallest absolute Gasteiger partial charge is 0.131 e. The minimum atomic E-state index is 0.341. The molecule has 0 atom stereocenters. The number of aryl methyl sites for hydroxylation is 1. The maximum atomic E-state index is 6.36. The van der Waals surface area contributed by atoms with Crippen molar-refractivity contribution in [3.8, 4) is 11.3 Å². The molecule has 0 aliphatic rings. The van der Waals surface area contributed by atoms with Crippen LogP contribution in [0.3, 0.4) is 0 Å². The van der Waals surface area contributed by atoms with Gasteiger partial charge in [-0.05, 0) is 26.2 Å². The number of nitrogen functional groups attached to an aromatic ring is 1. The van der Waals surface area contributed by atoms with Crippen LogP contribution in [0.1, 0.15) is 52.9 Å². The van der Waals surface area contributed by atoms with Gasteiger partial charge in [0.2, 0.25) is 0 Å². The fourth-order valence-electron chi connectivity index (χ4n) is 2.45. The van der Waals surface area contributed by atoms with Gasteiger partial charge in [0.25, 0.3) is 0 Å². The van der Waals surface area contributed by atoms with E-state index >= 15 is 0 Å². The maximum absolute atomic E-state index is 6.36. The van der Waals surface area contributed by atoms with Crippen molar-refractivity contribution in [2.24, 2.45) is 5.92 Å². The second-order valence-electron chi connectivity index (χ2n) is 6.32. The highest BCUT2D eigenvalue weighted by molar-refractivity contribution is 5.70. The number of imidazole rings is 1. The van der Waals surface area contributed by atoms with Crippen LogP contribution in [0.15, 0.2) is 12.4 Å². The van der Waals surface area contributed by atoms with E-state index in [2.05, 4.69) is 44.3 Å². The second kappa shape index (κ2) is 6.33. The van der Waals surface area contributed by atoms with Gasteiger partial charge in [0, 0.05) is 30.8 Å². The van der Waals surface area contributed by atoms with E-state index in [1.165, 1.54) is 0 Å². The van der Waals surface area contributed by atoms with Crippen LogP contribution in [0.2, 0.25) is 0 Å². The fraction of sp³-hybridized carbons (Fsp3) is 0.625. The largest absolute Gasteiger partial charge is 0.383 e. The van der Waals surface area contributed by atoms with Crippen molar-refractivity contribution in [1.29, 1.82) is 0 Å². The van der Waals surface area contributed by atoms with Gasteiger partial charge in [0.05, 0.1) is 6.20 Å². The fourth-order valence-corrected chi connectivity index (χ4v) is 2.45. The normalized spacial score (nSPS) is 11.8. The topological polar surface area (TPSA) is 61.7 Å². The first-order chi connectivity index (χ1) is 9.93. The van der Waals surface area contributed by atoms with Gasteiger partial charge in [-0.2, -0.15) is 5.10 Å². The minimum Gasteiger partial charge on any atom is -0.383 e. The van der Waals surface area contributed by atoms with Gasteiger partial charge >= 0.3 is 0 Å². The molecule has 116 valence electrons. The summed E-state index contributed by atoms with van der Waals surface area (Å²) in [5.74, 6) is 2.38. The van der Waals surface area contributed by atoms with Gasteiger partial charge in [-0.25, -0.2) is 4.98 Å². The lowest BCUT2D eigenvalue weighted by Crippen LogP contribution is -2.11. The van der Waals surface area contributed by atoms with E-state index in [1.807, 2.05) is 17.1 Å². The molecule has 0 saturated carbocycles. The van der Waals surface area contributed by atoms with Crippen molar-refractivity contribution < 1.29 is 0 Å². The first kappa shape index (κ1) is 15.6. The SMILES string of the molecule is CCCc1nc(-c2cnn(C(C)C)c2)c(N)n1CC(C)C.